The first-order chi connectivity index (χ1) is 11.2. The van der Waals surface area contributed by atoms with Crippen molar-refractivity contribution >= 4 is 23.3 Å². The summed E-state index contributed by atoms with van der Waals surface area (Å²) in [5, 5.41) is 6.61. The van der Waals surface area contributed by atoms with Gasteiger partial charge in [-0.15, -0.1) is 0 Å². The van der Waals surface area contributed by atoms with E-state index in [1.54, 1.807) is 0 Å². The molecule has 2 rings (SSSR count). The SMILES string of the molecule is CCc1ccc(Cl)c(CC)c1NC(=O)NCCN1CCOCC1. The molecule has 1 aromatic carbocycles. The highest BCUT2D eigenvalue weighted by atomic mass is 35.5. The maximum absolute atomic E-state index is 12.2. The van der Waals surface area contributed by atoms with E-state index in [4.69, 9.17) is 16.3 Å². The topological polar surface area (TPSA) is 53.6 Å². The van der Waals surface area contributed by atoms with Crippen LogP contribution in [-0.4, -0.2) is 50.3 Å². The highest BCUT2D eigenvalue weighted by Gasteiger charge is 2.14. The number of hydrogen-bond donors (Lipinski definition) is 2. The molecule has 23 heavy (non-hydrogen) atoms. The van der Waals surface area contributed by atoms with Gasteiger partial charge in [-0.25, -0.2) is 4.79 Å². The molecule has 0 radical (unpaired) electrons. The second-order valence-electron chi connectivity index (χ2n) is 5.60. The Morgan fingerprint density at radius 2 is 2.00 bits per heavy atom. The highest BCUT2D eigenvalue weighted by Crippen LogP contribution is 2.29. The zero-order chi connectivity index (χ0) is 16.7. The van der Waals surface area contributed by atoms with Crippen LogP contribution in [0.3, 0.4) is 0 Å². The summed E-state index contributed by atoms with van der Waals surface area (Å²) < 4.78 is 5.31. The van der Waals surface area contributed by atoms with Gasteiger partial charge in [-0.1, -0.05) is 31.5 Å². The summed E-state index contributed by atoms with van der Waals surface area (Å²) in [6.45, 7) is 8.98. The number of aryl methyl sites for hydroxylation is 1. The summed E-state index contributed by atoms with van der Waals surface area (Å²) in [6, 6.07) is 3.70. The lowest BCUT2D eigenvalue weighted by molar-refractivity contribution is 0.0388. The number of carbonyl (C=O) groups is 1. The van der Waals surface area contributed by atoms with Crippen LogP contribution in [0, 0.1) is 0 Å². The van der Waals surface area contributed by atoms with Gasteiger partial charge in [-0.05, 0) is 30.0 Å². The second kappa shape index (κ2) is 9.11. The van der Waals surface area contributed by atoms with Crippen molar-refractivity contribution in [3.8, 4) is 0 Å². The maximum atomic E-state index is 12.2. The molecule has 0 atom stereocenters. The van der Waals surface area contributed by atoms with Crippen molar-refractivity contribution in [1.29, 1.82) is 0 Å². The van der Waals surface area contributed by atoms with E-state index in [1.165, 1.54) is 0 Å². The fourth-order valence-corrected chi connectivity index (χ4v) is 3.07. The second-order valence-corrected chi connectivity index (χ2v) is 6.01. The Morgan fingerprint density at radius 1 is 1.26 bits per heavy atom. The molecule has 0 aliphatic carbocycles. The summed E-state index contributed by atoms with van der Waals surface area (Å²) in [4.78, 5) is 14.5. The predicted molar refractivity (Wildman–Crippen MR) is 94.5 cm³/mol. The van der Waals surface area contributed by atoms with Crippen molar-refractivity contribution in [2.24, 2.45) is 0 Å². The number of nitrogens with one attached hydrogen (secondary N) is 2. The van der Waals surface area contributed by atoms with E-state index < -0.39 is 0 Å². The van der Waals surface area contributed by atoms with Crippen LogP contribution in [0.15, 0.2) is 12.1 Å². The summed E-state index contributed by atoms with van der Waals surface area (Å²) in [5.74, 6) is 0. The van der Waals surface area contributed by atoms with Crippen LogP contribution in [-0.2, 0) is 17.6 Å². The Hall–Kier alpha value is -1.30. The lowest BCUT2D eigenvalue weighted by Crippen LogP contribution is -2.42. The van der Waals surface area contributed by atoms with Gasteiger partial charge in [0.05, 0.1) is 18.9 Å². The largest absolute Gasteiger partial charge is 0.379 e. The average Bonchev–Trinajstić information content (AvgIpc) is 2.56. The lowest BCUT2D eigenvalue weighted by atomic mass is 10.0. The monoisotopic (exact) mass is 339 g/mol. The van der Waals surface area contributed by atoms with Gasteiger partial charge < -0.3 is 15.4 Å². The third-order valence-corrected chi connectivity index (χ3v) is 4.49. The van der Waals surface area contributed by atoms with Crippen molar-refractivity contribution in [3.63, 3.8) is 0 Å². The number of rotatable bonds is 6. The third-order valence-electron chi connectivity index (χ3n) is 4.13. The molecule has 5 nitrogen and oxygen atoms in total. The van der Waals surface area contributed by atoms with Gasteiger partial charge in [0.2, 0.25) is 0 Å². The molecule has 1 aromatic rings. The molecular formula is C17H26ClN3O2. The number of hydrogen-bond acceptors (Lipinski definition) is 3. The number of carbonyl (C=O) groups excluding carboxylic acids is 1. The molecule has 2 amide bonds. The molecule has 1 heterocycles. The Labute approximate surface area is 143 Å². The van der Waals surface area contributed by atoms with Crippen molar-refractivity contribution in [2.75, 3.05) is 44.7 Å². The molecule has 0 unspecified atom stereocenters. The fourth-order valence-electron chi connectivity index (χ4n) is 2.78. The molecule has 0 bridgehead atoms. The molecule has 128 valence electrons. The van der Waals surface area contributed by atoms with E-state index in [-0.39, 0.29) is 6.03 Å². The first-order valence-electron chi connectivity index (χ1n) is 8.30. The molecule has 0 aromatic heterocycles. The molecule has 0 spiro atoms. The molecule has 6 heteroatoms. The Bertz CT molecular complexity index is 531. The zero-order valence-electron chi connectivity index (χ0n) is 14.0. The molecule has 0 saturated carbocycles. The summed E-state index contributed by atoms with van der Waals surface area (Å²) >= 11 is 6.26. The minimum Gasteiger partial charge on any atom is -0.379 e. The minimum atomic E-state index is -0.176. The number of morpholine rings is 1. The summed E-state index contributed by atoms with van der Waals surface area (Å²) in [5.41, 5.74) is 2.95. The van der Waals surface area contributed by atoms with Crippen LogP contribution >= 0.6 is 11.6 Å². The molecule has 1 saturated heterocycles. The summed E-state index contributed by atoms with van der Waals surface area (Å²) in [6.07, 6.45) is 1.64. The predicted octanol–water partition coefficient (Wildman–Crippen LogP) is 2.92. The third kappa shape index (κ3) is 5.09. The number of amides is 2. The van der Waals surface area contributed by atoms with Gasteiger partial charge in [0.25, 0.3) is 0 Å². The smallest absolute Gasteiger partial charge is 0.319 e. The van der Waals surface area contributed by atoms with Crippen molar-refractivity contribution in [1.82, 2.24) is 10.2 Å². The van der Waals surface area contributed by atoms with Gasteiger partial charge in [0, 0.05) is 31.2 Å². The molecule has 1 aliphatic heterocycles. The van der Waals surface area contributed by atoms with Crippen molar-refractivity contribution in [2.45, 2.75) is 26.7 Å². The van der Waals surface area contributed by atoms with Gasteiger partial charge in [-0.3, -0.25) is 4.90 Å². The number of nitrogens with zero attached hydrogens (tertiary/aromatic N) is 1. The van der Waals surface area contributed by atoms with Crippen LogP contribution < -0.4 is 10.6 Å². The number of benzene rings is 1. The average molecular weight is 340 g/mol. The Morgan fingerprint density at radius 3 is 2.65 bits per heavy atom. The maximum Gasteiger partial charge on any atom is 0.319 e. The molecular weight excluding hydrogens is 314 g/mol. The van der Waals surface area contributed by atoms with Gasteiger partial charge in [-0.2, -0.15) is 0 Å². The summed E-state index contributed by atoms with van der Waals surface area (Å²) in [7, 11) is 0. The first-order valence-corrected chi connectivity index (χ1v) is 8.68. The van der Waals surface area contributed by atoms with Crippen molar-refractivity contribution < 1.29 is 9.53 Å². The van der Waals surface area contributed by atoms with E-state index in [0.717, 1.165) is 62.5 Å². The van der Waals surface area contributed by atoms with E-state index in [1.807, 2.05) is 19.1 Å². The molecule has 2 N–H and O–H groups in total. The fraction of sp³-hybridized carbons (Fsp3) is 0.588. The minimum absolute atomic E-state index is 0.176. The first kappa shape index (κ1) is 18.0. The van der Waals surface area contributed by atoms with Gasteiger partial charge >= 0.3 is 6.03 Å². The number of urea groups is 1. The molecule has 1 fully saturated rings. The van der Waals surface area contributed by atoms with E-state index in [2.05, 4.69) is 22.5 Å². The van der Waals surface area contributed by atoms with Gasteiger partial charge in [0.15, 0.2) is 0 Å². The van der Waals surface area contributed by atoms with Gasteiger partial charge in [0.1, 0.15) is 0 Å². The molecule has 1 aliphatic rings. The van der Waals surface area contributed by atoms with Crippen molar-refractivity contribution in [3.05, 3.63) is 28.3 Å². The zero-order valence-corrected chi connectivity index (χ0v) is 14.7. The van der Waals surface area contributed by atoms with Crippen LogP contribution in [0.5, 0.6) is 0 Å². The number of anilines is 1. The highest BCUT2D eigenvalue weighted by molar-refractivity contribution is 6.31. The van der Waals surface area contributed by atoms with E-state index in [9.17, 15) is 4.79 Å². The quantitative estimate of drug-likeness (QED) is 0.838. The Kier molecular flexibility index (Phi) is 7.15. The van der Waals surface area contributed by atoms with Crippen LogP contribution in [0.1, 0.15) is 25.0 Å². The number of halogens is 1. The number of ether oxygens (including phenoxy) is 1. The van der Waals surface area contributed by atoms with Crippen LogP contribution in [0.2, 0.25) is 5.02 Å². The van der Waals surface area contributed by atoms with E-state index >= 15 is 0 Å². The van der Waals surface area contributed by atoms with Crippen LogP contribution in [0.25, 0.3) is 0 Å². The standard InChI is InChI=1S/C17H26ClN3O2/c1-3-13-5-6-15(18)14(4-2)16(13)20-17(22)19-7-8-21-9-11-23-12-10-21/h5-6H,3-4,7-12H2,1-2H3,(H2,19,20,22). The normalized spacial score (nSPS) is 15.4. The lowest BCUT2D eigenvalue weighted by Gasteiger charge is -2.26. The van der Waals surface area contributed by atoms with Crippen LogP contribution in [0.4, 0.5) is 10.5 Å². The van der Waals surface area contributed by atoms with E-state index in [0.29, 0.717) is 11.6 Å². The Balaban J connectivity index is 1.90.